The number of aryl methyl sites for hydroxylation is 3. The number of hydrogen-bond acceptors (Lipinski definition) is 4. The molecule has 140 valence electrons. The smallest absolute Gasteiger partial charge is 0.251 e. The van der Waals surface area contributed by atoms with E-state index in [2.05, 4.69) is 24.1 Å². The zero-order valence-electron chi connectivity index (χ0n) is 15.9. The molecule has 1 aliphatic rings. The van der Waals surface area contributed by atoms with E-state index in [0.29, 0.717) is 6.54 Å². The third kappa shape index (κ3) is 4.64. The maximum atomic E-state index is 12.3. The largest absolute Gasteiger partial charge is 0.372 e. The van der Waals surface area contributed by atoms with Gasteiger partial charge in [0.25, 0.3) is 5.91 Å². The first-order valence-electron chi connectivity index (χ1n) is 9.82. The van der Waals surface area contributed by atoms with Gasteiger partial charge in [-0.15, -0.1) is 11.3 Å². The molecule has 1 N–H and O–H groups in total. The van der Waals surface area contributed by atoms with Crippen molar-refractivity contribution in [3.63, 3.8) is 0 Å². The zero-order chi connectivity index (χ0) is 18.4. The standard InChI is InChI=1S/C21H29N3OS/c1-3-24(4-2)17-13-11-16(12-14-17)21(25)22-15-7-10-20-23-18-8-5-6-9-19(18)26-20/h11-14H,3-10,15H2,1-2H3,(H,22,25). The highest BCUT2D eigenvalue weighted by atomic mass is 32.1. The number of nitrogens with zero attached hydrogens (tertiary/aromatic N) is 2. The second-order valence-electron chi connectivity index (χ2n) is 6.76. The summed E-state index contributed by atoms with van der Waals surface area (Å²) in [6.07, 6.45) is 6.82. The summed E-state index contributed by atoms with van der Waals surface area (Å²) >= 11 is 1.87. The van der Waals surface area contributed by atoms with Gasteiger partial charge in [0.2, 0.25) is 0 Å². The summed E-state index contributed by atoms with van der Waals surface area (Å²) in [6.45, 7) is 6.93. The van der Waals surface area contributed by atoms with E-state index in [9.17, 15) is 4.79 Å². The van der Waals surface area contributed by atoms with Crippen LogP contribution in [0.2, 0.25) is 0 Å². The summed E-state index contributed by atoms with van der Waals surface area (Å²) < 4.78 is 0. The molecule has 26 heavy (non-hydrogen) atoms. The molecule has 2 aromatic rings. The Morgan fingerprint density at radius 1 is 1.15 bits per heavy atom. The van der Waals surface area contributed by atoms with Crippen molar-refractivity contribution in [2.45, 2.75) is 52.4 Å². The maximum Gasteiger partial charge on any atom is 0.251 e. The van der Waals surface area contributed by atoms with Gasteiger partial charge in [-0.2, -0.15) is 0 Å². The van der Waals surface area contributed by atoms with Crippen LogP contribution in [0.4, 0.5) is 5.69 Å². The van der Waals surface area contributed by atoms with Gasteiger partial charge >= 0.3 is 0 Å². The number of carbonyl (C=O) groups excluding carboxylic acids is 1. The fourth-order valence-electron chi connectivity index (χ4n) is 3.47. The number of hydrogen-bond donors (Lipinski definition) is 1. The minimum Gasteiger partial charge on any atom is -0.372 e. The molecule has 1 aromatic heterocycles. The lowest BCUT2D eigenvalue weighted by Gasteiger charge is -2.21. The average molecular weight is 372 g/mol. The fraction of sp³-hybridized carbons (Fsp3) is 0.524. The number of rotatable bonds is 8. The van der Waals surface area contributed by atoms with Crippen LogP contribution in [0.5, 0.6) is 0 Å². The first-order valence-corrected chi connectivity index (χ1v) is 10.6. The molecule has 0 bridgehead atoms. The lowest BCUT2D eigenvalue weighted by Crippen LogP contribution is -2.25. The van der Waals surface area contributed by atoms with Gasteiger partial charge in [-0.25, -0.2) is 4.98 Å². The van der Waals surface area contributed by atoms with E-state index < -0.39 is 0 Å². The van der Waals surface area contributed by atoms with Gasteiger partial charge in [-0.05, 0) is 70.2 Å². The SMILES string of the molecule is CCN(CC)c1ccc(C(=O)NCCCc2nc3c(s2)CCCC3)cc1. The number of carbonyl (C=O) groups is 1. The van der Waals surface area contributed by atoms with Crippen molar-refractivity contribution < 1.29 is 4.79 Å². The van der Waals surface area contributed by atoms with Crippen LogP contribution in [0.25, 0.3) is 0 Å². The van der Waals surface area contributed by atoms with Crippen molar-refractivity contribution in [2.75, 3.05) is 24.5 Å². The lowest BCUT2D eigenvalue weighted by molar-refractivity contribution is 0.0953. The van der Waals surface area contributed by atoms with E-state index >= 15 is 0 Å². The quantitative estimate of drug-likeness (QED) is 0.706. The van der Waals surface area contributed by atoms with Gasteiger partial charge in [-0.1, -0.05) is 0 Å². The van der Waals surface area contributed by atoms with Crippen LogP contribution in [-0.4, -0.2) is 30.5 Å². The molecule has 3 rings (SSSR count). The number of benzene rings is 1. The van der Waals surface area contributed by atoms with E-state index in [1.807, 2.05) is 35.6 Å². The predicted molar refractivity (Wildman–Crippen MR) is 109 cm³/mol. The van der Waals surface area contributed by atoms with Crippen LogP contribution in [-0.2, 0) is 19.3 Å². The summed E-state index contributed by atoms with van der Waals surface area (Å²) in [6, 6.07) is 7.89. The molecule has 0 aliphatic heterocycles. The Bertz CT molecular complexity index is 696. The highest BCUT2D eigenvalue weighted by molar-refractivity contribution is 7.11. The number of fused-ring (bicyclic) bond motifs is 1. The molecule has 0 radical (unpaired) electrons. The molecule has 1 amide bonds. The number of anilines is 1. The van der Waals surface area contributed by atoms with Crippen molar-refractivity contribution >= 4 is 22.9 Å². The van der Waals surface area contributed by atoms with Gasteiger partial charge in [0, 0.05) is 42.2 Å². The molecule has 1 aromatic carbocycles. The molecule has 0 saturated carbocycles. The second kappa shape index (κ2) is 9.17. The van der Waals surface area contributed by atoms with Crippen LogP contribution < -0.4 is 10.2 Å². The summed E-state index contributed by atoms with van der Waals surface area (Å²) in [7, 11) is 0. The monoisotopic (exact) mass is 371 g/mol. The Labute approximate surface area is 160 Å². The fourth-order valence-corrected chi connectivity index (χ4v) is 4.67. The first kappa shape index (κ1) is 18.9. The van der Waals surface area contributed by atoms with Gasteiger partial charge in [0.05, 0.1) is 10.7 Å². The molecular weight excluding hydrogens is 342 g/mol. The second-order valence-corrected chi connectivity index (χ2v) is 7.93. The van der Waals surface area contributed by atoms with E-state index in [0.717, 1.165) is 37.9 Å². The summed E-state index contributed by atoms with van der Waals surface area (Å²) in [4.78, 5) is 20.8. The molecule has 4 nitrogen and oxygen atoms in total. The van der Waals surface area contributed by atoms with Crippen LogP contribution in [0.1, 0.15) is 59.0 Å². The lowest BCUT2D eigenvalue weighted by atomic mass is 10.0. The van der Waals surface area contributed by atoms with Gasteiger partial charge in [0.1, 0.15) is 0 Å². The van der Waals surface area contributed by atoms with Crippen LogP contribution in [0.3, 0.4) is 0 Å². The van der Waals surface area contributed by atoms with E-state index in [-0.39, 0.29) is 5.91 Å². The number of amides is 1. The van der Waals surface area contributed by atoms with E-state index in [4.69, 9.17) is 4.98 Å². The van der Waals surface area contributed by atoms with Crippen LogP contribution in [0.15, 0.2) is 24.3 Å². The normalized spacial score (nSPS) is 13.3. The summed E-state index contributed by atoms with van der Waals surface area (Å²) in [5.74, 6) is 0.00882. The van der Waals surface area contributed by atoms with E-state index in [1.54, 1.807) is 0 Å². The van der Waals surface area contributed by atoms with Crippen molar-refractivity contribution in [2.24, 2.45) is 0 Å². The topological polar surface area (TPSA) is 45.2 Å². The van der Waals surface area contributed by atoms with Crippen LogP contribution in [0, 0.1) is 0 Å². The molecule has 0 fully saturated rings. The summed E-state index contributed by atoms with van der Waals surface area (Å²) in [5, 5.41) is 4.26. The van der Waals surface area contributed by atoms with E-state index in [1.165, 1.54) is 40.5 Å². The van der Waals surface area contributed by atoms with Crippen molar-refractivity contribution in [1.82, 2.24) is 10.3 Å². The molecule has 0 spiro atoms. The van der Waals surface area contributed by atoms with Crippen molar-refractivity contribution in [3.8, 4) is 0 Å². The van der Waals surface area contributed by atoms with Crippen molar-refractivity contribution in [3.05, 3.63) is 45.4 Å². The molecule has 1 aliphatic carbocycles. The van der Waals surface area contributed by atoms with Crippen molar-refractivity contribution in [1.29, 1.82) is 0 Å². The summed E-state index contributed by atoms with van der Waals surface area (Å²) in [5.41, 5.74) is 3.22. The molecular formula is C21H29N3OS. The molecule has 0 atom stereocenters. The third-order valence-corrected chi connectivity index (χ3v) is 6.22. The Morgan fingerprint density at radius 2 is 1.88 bits per heavy atom. The molecule has 5 heteroatoms. The molecule has 1 heterocycles. The molecule has 0 saturated heterocycles. The molecule has 0 unspecified atom stereocenters. The number of thiazole rings is 1. The minimum absolute atomic E-state index is 0.00882. The zero-order valence-corrected chi connectivity index (χ0v) is 16.7. The first-order chi connectivity index (χ1) is 12.7. The Morgan fingerprint density at radius 3 is 2.58 bits per heavy atom. The highest BCUT2D eigenvalue weighted by Gasteiger charge is 2.14. The van der Waals surface area contributed by atoms with Gasteiger partial charge in [0.15, 0.2) is 0 Å². The highest BCUT2D eigenvalue weighted by Crippen LogP contribution is 2.27. The predicted octanol–water partition coefficient (Wildman–Crippen LogP) is 4.23. The number of aromatic nitrogens is 1. The third-order valence-electron chi connectivity index (χ3n) is 5.00. The van der Waals surface area contributed by atoms with Gasteiger partial charge < -0.3 is 10.2 Å². The maximum absolute atomic E-state index is 12.3. The average Bonchev–Trinajstić information content (AvgIpc) is 3.09. The minimum atomic E-state index is 0.00882. The Balaban J connectivity index is 1.44. The van der Waals surface area contributed by atoms with Gasteiger partial charge in [-0.3, -0.25) is 4.79 Å². The number of nitrogens with one attached hydrogen (secondary N) is 1. The van der Waals surface area contributed by atoms with Crippen LogP contribution >= 0.6 is 11.3 Å². The Kier molecular flexibility index (Phi) is 6.67. The Hall–Kier alpha value is -1.88.